The van der Waals surface area contributed by atoms with Crippen molar-refractivity contribution in [3.05, 3.63) is 50.1 Å². The van der Waals surface area contributed by atoms with E-state index in [1.165, 1.54) is 0 Å². The van der Waals surface area contributed by atoms with Crippen LogP contribution < -0.4 is 11.1 Å². The number of benzene rings is 1. The Morgan fingerprint density at radius 2 is 2.11 bits per heavy atom. The van der Waals surface area contributed by atoms with Crippen LogP contribution in [-0.2, 0) is 0 Å². The molecule has 1 aromatic carbocycles. The van der Waals surface area contributed by atoms with Gasteiger partial charge in [0.1, 0.15) is 10.8 Å². The standard InChI is InChI=1S/C12H9BrIN3S/c13-8-2-3-9(14)10(5-8)17-11-4-1-7(6-16-11)12(15)18/h1-6H,(H2,15,18)(H,16,17). The second-order valence-corrected chi connectivity index (χ2v) is 6.06. The van der Waals surface area contributed by atoms with E-state index in [9.17, 15) is 0 Å². The summed E-state index contributed by atoms with van der Waals surface area (Å²) in [6.07, 6.45) is 1.66. The van der Waals surface area contributed by atoms with E-state index >= 15 is 0 Å². The van der Waals surface area contributed by atoms with Crippen molar-refractivity contribution in [2.75, 3.05) is 5.32 Å². The largest absolute Gasteiger partial charge is 0.389 e. The van der Waals surface area contributed by atoms with Crippen molar-refractivity contribution in [2.24, 2.45) is 5.73 Å². The minimum atomic E-state index is 0.353. The Labute approximate surface area is 132 Å². The van der Waals surface area contributed by atoms with Gasteiger partial charge in [-0.05, 0) is 52.9 Å². The lowest BCUT2D eigenvalue weighted by Gasteiger charge is -2.08. The predicted molar refractivity (Wildman–Crippen MR) is 90.3 cm³/mol. The van der Waals surface area contributed by atoms with Crippen LogP contribution in [-0.4, -0.2) is 9.97 Å². The monoisotopic (exact) mass is 433 g/mol. The number of pyridine rings is 1. The second-order valence-electron chi connectivity index (χ2n) is 3.55. The van der Waals surface area contributed by atoms with Crippen LogP contribution in [0.5, 0.6) is 0 Å². The van der Waals surface area contributed by atoms with Crippen molar-refractivity contribution in [1.29, 1.82) is 0 Å². The SMILES string of the molecule is NC(=S)c1ccc(Nc2cc(Br)ccc2I)nc1. The van der Waals surface area contributed by atoms with E-state index < -0.39 is 0 Å². The van der Waals surface area contributed by atoms with Crippen molar-refractivity contribution in [2.45, 2.75) is 0 Å². The van der Waals surface area contributed by atoms with Crippen molar-refractivity contribution in [3.63, 3.8) is 0 Å². The predicted octanol–water partition coefficient (Wildman–Crippen LogP) is 3.83. The summed E-state index contributed by atoms with van der Waals surface area (Å²) < 4.78 is 2.14. The number of nitrogens with zero attached hydrogens (tertiary/aromatic N) is 1. The van der Waals surface area contributed by atoms with E-state index in [0.29, 0.717) is 4.99 Å². The van der Waals surface area contributed by atoms with E-state index in [0.717, 1.165) is 25.1 Å². The van der Waals surface area contributed by atoms with E-state index in [4.69, 9.17) is 18.0 Å². The zero-order valence-corrected chi connectivity index (χ0v) is 13.7. The molecule has 3 nitrogen and oxygen atoms in total. The highest BCUT2D eigenvalue weighted by molar-refractivity contribution is 14.1. The minimum Gasteiger partial charge on any atom is -0.389 e. The number of nitrogens with two attached hydrogens (primary N) is 1. The molecule has 6 heteroatoms. The Morgan fingerprint density at radius 1 is 1.33 bits per heavy atom. The van der Waals surface area contributed by atoms with Crippen LogP contribution in [0.4, 0.5) is 11.5 Å². The van der Waals surface area contributed by atoms with Crippen molar-refractivity contribution >= 4 is 67.2 Å². The summed E-state index contributed by atoms with van der Waals surface area (Å²) in [5, 5.41) is 3.25. The normalized spacial score (nSPS) is 10.1. The van der Waals surface area contributed by atoms with Crippen LogP contribution in [0.1, 0.15) is 5.56 Å². The number of halogens is 2. The van der Waals surface area contributed by atoms with Crippen molar-refractivity contribution in [1.82, 2.24) is 4.98 Å². The molecular formula is C12H9BrIN3S. The van der Waals surface area contributed by atoms with Gasteiger partial charge >= 0.3 is 0 Å². The van der Waals surface area contributed by atoms with Gasteiger partial charge in [-0.3, -0.25) is 0 Å². The first-order chi connectivity index (χ1) is 8.56. The molecular weight excluding hydrogens is 425 g/mol. The van der Waals surface area contributed by atoms with Gasteiger partial charge in [-0.1, -0.05) is 28.1 Å². The molecule has 0 aliphatic carbocycles. The molecule has 0 saturated heterocycles. The van der Waals surface area contributed by atoms with Gasteiger partial charge in [-0.2, -0.15) is 0 Å². The average molecular weight is 434 g/mol. The van der Waals surface area contributed by atoms with E-state index in [2.05, 4.69) is 48.8 Å². The lowest BCUT2D eigenvalue weighted by Crippen LogP contribution is -2.09. The molecule has 1 aromatic heterocycles. The maximum Gasteiger partial charge on any atom is 0.130 e. The highest BCUT2D eigenvalue weighted by Crippen LogP contribution is 2.25. The lowest BCUT2D eigenvalue weighted by atomic mass is 10.3. The molecule has 0 spiro atoms. The number of hydrogen-bond donors (Lipinski definition) is 2. The third-order valence-corrected chi connectivity index (χ3v) is 3.91. The molecule has 2 aromatic rings. The van der Waals surface area contributed by atoms with E-state index in [-0.39, 0.29) is 0 Å². The maximum atomic E-state index is 5.52. The van der Waals surface area contributed by atoms with Gasteiger partial charge in [-0.25, -0.2) is 4.98 Å². The highest BCUT2D eigenvalue weighted by Gasteiger charge is 2.03. The molecule has 0 amide bonds. The Bertz CT molecular complexity index is 586. The summed E-state index contributed by atoms with van der Waals surface area (Å²) in [6.45, 7) is 0. The molecule has 92 valence electrons. The van der Waals surface area contributed by atoms with Gasteiger partial charge in [0.25, 0.3) is 0 Å². The Balaban J connectivity index is 2.23. The summed E-state index contributed by atoms with van der Waals surface area (Å²) in [7, 11) is 0. The van der Waals surface area contributed by atoms with Crippen molar-refractivity contribution < 1.29 is 0 Å². The van der Waals surface area contributed by atoms with E-state index in [1.54, 1.807) is 6.20 Å². The Kier molecular flexibility index (Phi) is 4.52. The highest BCUT2D eigenvalue weighted by atomic mass is 127. The topological polar surface area (TPSA) is 50.9 Å². The van der Waals surface area contributed by atoms with Crippen LogP contribution in [0.15, 0.2) is 41.0 Å². The summed E-state index contributed by atoms with van der Waals surface area (Å²) in [5.41, 5.74) is 7.29. The number of rotatable bonds is 3. The third-order valence-electron chi connectivity index (χ3n) is 2.24. The molecule has 0 atom stereocenters. The number of nitrogens with one attached hydrogen (secondary N) is 1. The number of hydrogen-bond acceptors (Lipinski definition) is 3. The van der Waals surface area contributed by atoms with Crippen LogP contribution >= 0.6 is 50.7 Å². The summed E-state index contributed by atoms with van der Waals surface area (Å²) in [4.78, 5) is 4.62. The molecule has 1 heterocycles. The third kappa shape index (κ3) is 3.39. The van der Waals surface area contributed by atoms with Crippen LogP contribution in [0, 0.1) is 3.57 Å². The van der Waals surface area contributed by atoms with Crippen molar-refractivity contribution in [3.8, 4) is 0 Å². The summed E-state index contributed by atoms with van der Waals surface area (Å²) in [6, 6.07) is 9.73. The second kappa shape index (κ2) is 5.94. The number of anilines is 2. The molecule has 0 aliphatic rings. The molecule has 3 N–H and O–H groups in total. The summed E-state index contributed by atoms with van der Waals surface area (Å²) in [5.74, 6) is 0.756. The number of aromatic nitrogens is 1. The molecule has 0 aliphatic heterocycles. The van der Waals surface area contributed by atoms with Gasteiger partial charge in [0.2, 0.25) is 0 Å². The molecule has 0 radical (unpaired) electrons. The maximum absolute atomic E-state index is 5.52. The molecule has 0 saturated carbocycles. The van der Waals surface area contributed by atoms with Crippen LogP contribution in [0.25, 0.3) is 0 Å². The molecule has 0 unspecified atom stereocenters. The van der Waals surface area contributed by atoms with Gasteiger partial charge < -0.3 is 11.1 Å². The smallest absolute Gasteiger partial charge is 0.130 e. The van der Waals surface area contributed by atoms with Crippen LogP contribution in [0.2, 0.25) is 0 Å². The molecule has 0 fully saturated rings. The summed E-state index contributed by atoms with van der Waals surface area (Å²) >= 11 is 10.6. The number of thiocarbonyl (C=S) groups is 1. The van der Waals surface area contributed by atoms with E-state index in [1.807, 2.05) is 30.3 Å². The van der Waals surface area contributed by atoms with Gasteiger partial charge in [0.15, 0.2) is 0 Å². The quantitative estimate of drug-likeness (QED) is 0.570. The lowest BCUT2D eigenvalue weighted by molar-refractivity contribution is 1.29. The van der Waals surface area contributed by atoms with Crippen LogP contribution in [0.3, 0.4) is 0 Å². The van der Waals surface area contributed by atoms with Gasteiger partial charge in [0, 0.05) is 19.8 Å². The first kappa shape index (κ1) is 13.7. The minimum absolute atomic E-state index is 0.353. The fraction of sp³-hybridized carbons (Fsp3) is 0. The average Bonchev–Trinajstić information content (AvgIpc) is 2.34. The Morgan fingerprint density at radius 3 is 2.72 bits per heavy atom. The molecule has 18 heavy (non-hydrogen) atoms. The molecule has 0 bridgehead atoms. The van der Waals surface area contributed by atoms with Gasteiger partial charge in [0.05, 0.1) is 5.69 Å². The van der Waals surface area contributed by atoms with Gasteiger partial charge in [-0.15, -0.1) is 0 Å². The Hall–Kier alpha value is -0.730. The first-order valence-corrected chi connectivity index (χ1v) is 7.32. The molecule has 2 rings (SSSR count). The first-order valence-electron chi connectivity index (χ1n) is 5.04. The fourth-order valence-electron chi connectivity index (χ4n) is 1.34. The zero-order valence-electron chi connectivity index (χ0n) is 9.15. The zero-order chi connectivity index (χ0) is 13.1. The fourth-order valence-corrected chi connectivity index (χ4v) is 2.30.